The normalized spacial score (nSPS) is 12.1. The van der Waals surface area contributed by atoms with Crippen LogP contribution in [0.2, 0.25) is 0 Å². The molecule has 3 N–H and O–H groups in total. The van der Waals surface area contributed by atoms with E-state index in [0.29, 0.717) is 22.7 Å². The average Bonchev–Trinajstić information content (AvgIpc) is 3.25. The molecule has 0 radical (unpaired) electrons. The Hall–Kier alpha value is -4.53. The molecule has 0 amide bonds. The molecule has 5 rings (SSSR count). The Bertz CT molecular complexity index is 1510. The van der Waals surface area contributed by atoms with E-state index in [-0.39, 0.29) is 23.3 Å². The number of anilines is 2. The Morgan fingerprint density at radius 1 is 1.03 bits per heavy atom. The van der Waals surface area contributed by atoms with Gasteiger partial charge >= 0.3 is 0 Å². The van der Waals surface area contributed by atoms with E-state index in [1.807, 2.05) is 67.6 Å². The third-order valence-corrected chi connectivity index (χ3v) is 5.38. The summed E-state index contributed by atoms with van der Waals surface area (Å²) < 4.78 is 7.28. The first-order valence-electron chi connectivity index (χ1n) is 10.4. The van der Waals surface area contributed by atoms with Crippen LogP contribution in [0.15, 0.2) is 76.2 Å². The second-order valence-corrected chi connectivity index (χ2v) is 7.61. The van der Waals surface area contributed by atoms with Crippen molar-refractivity contribution in [3.63, 3.8) is 0 Å². The second kappa shape index (κ2) is 8.19. The predicted molar refractivity (Wildman–Crippen MR) is 126 cm³/mol. The van der Waals surface area contributed by atoms with Crippen molar-refractivity contribution in [1.82, 2.24) is 24.7 Å². The van der Waals surface area contributed by atoms with Gasteiger partial charge in [0.25, 0.3) is 11.4 Å². The highest BCUT2D eigenvalue weighted by Crippen LogP contribution is 2.32. The van der Waals surface area contributed by atoms with Crippen LogP contribution in [0, 0.1) is 6.92 Å². The molecule has 33 heavy (non-hydrogen) atoms. The Morgan fingerprint density at radius 3 is 2.55 bits per heavy atom. The van der Waals surface area contributed by atoms with Crippen LogP contribution in [0.1, 0.15) is 24.6 Å². The number of hydrogen-bond donors (Lipinski definition) is 2. The maximum absolute atomic E-state index is 13.5. The quantitative estimate of drug-likeness (QED) is 0.422. The van der Waals surface area contributed by atoms with E-state index in [2.05, 4.69) is 25.5 Å². The first kappa shape index (κ1) is 20.4. The summed E-state index contributed by atoms with van der Waals surface area (Å²) in [7, 11) is 0. The van der Waals surface area contributed by atoms with E-state index in [1.54, 1.807) is 11.5 Å². The second-order valence-electron chi connectivity index (χ2n) is 7.61. The fourth-order valence-corrected chi connectivity index (χ4v) is 3.84. The largest absolute Gasteiger partial charge is 0.421 e. The summed E-state index contributed by atoms with van der Waals surface area (Å²) in [6.07, 6.45) is 1.36. The molecule has 0 saturated heterocycles. The summed E-state index contributed by atoms with van der Waals surface area (Å²) in [6, 6.07) is 18.7. The van der Waals surface area contributed by atoms with Crippen molar-refractivity contribution in [1.29, 1.82) is 0 Å². The molecule has 9 nitrogen and oxygen atoms in total. The van der Waals surface area contributed by atoms with E-state index in [0.717, 1.165) is 16.8 Å². The lowest BCUT2D eigenvalue weighted by atomic mass is 10.1. The van der Waals surface area contributed by atoms with Crippen LogP contribution in [0.25, 0.3) is 27.9 Å². The molecule has 3 aromatic heterocycles. The topological polar surface area (TPSA) is 125 Å². The highest BCUT2D eigenvalue weighted by molar-refractivity contribution is 5.83. The maximum atomic E-state index is 13.5. The summed E-state index contributed by atoms with van der Waals surface area (Å²) in [5.41, 5.74) is 7.97. The number of aromatic nitrogens is 5. The molecule has 9 heteroatoms. The predicted octanol–water partition coefficient (Wildman–Crippen LogP) is 3.89. The summed E-state index contributed by atoms with van der Waals surface area (Å²) in [4.78, 5) is 21.9. The number of fused-ring (bicyclic) bond motifs is 1. The van der Waals surface area contributed by atoms with Gasteiger partial charge in [0.05, 0.1) is 6.04 Å². The molecule has 0 spiro atoms. The number of aryl methyl sites for hydroxylation is 1. The zero-order valence-electron chi connectivity index (χ0n) is 18.1. The fraction of sp³-hybridized carbons (Fsp3) is 0.125. The number of nitrogens with zero attached hydrogens (tertiary/aromatic N) is 5. The Morgan fingerprint density at radius 2 is 1.79 bits per heavy atom. The van der Waals surface area contributed by atoms with Gasteiger partial charge in [0.1, 0.15) is 23.5 Å². The lowest BCUT2D eigenvalue weighted by Crippen LogP contribution is -2.25. The minimum Gasteiger partial charge on any atom is -0.421 e. The summed E-state index contributed by atoms with van der Waals surface area (Å²) in [6.45, 7) is 3.64. The number of nitrogens with two attached hydrogens (primary N) is 1. The summed E-state index contributed by atoms with van der Waals surface area (Å²) >= 11 is 0. The molecule has 0 saturated carbocycles. The van der Waals surface area contributed by atoms with Crippen molar-refractivity contribution < 1.29 is 4.42 Å². The number of rotatable bonds is 5. The smallest absolute Gasteiger partial charge is 0.263 e. The lowest BCUT2D eigenvalue weighted by molar-refractivity contribution is 0.532. The van der Waals surface area contributed by atoms with E-state index < -0.39 is 0 Å². The lowest BCUT2D eigenvalue weighted by Gasteiger charge is -2.22. The average molecular weight is 439 g/mol. The number of hydrogen-bond acceptors (Lipinski definition) is 8. The third kappa shape index (κ3) is 3.69. The molecule has 0 fully saturated rings. The van der Waals surface area contributed by atoms with Gasteiger partial charge < -0.3 is 15.5 Å². The van der Waals surface area contributed by atoms with Crippen LogP contribution in [0.4, 0.5) is 11.6 Å². The van der Waals surface area contributed by atoms with Gasteiger partial charge in [0.15, 0.2) is 0 Å². The third-order valence-electron chi connectivity index (χ3n) is 5.38. The van der Waals surface area contributed by atoms with Crippen molar-refractivity contribution in [3.05, 3.63) is 88.9 Å². The van der Waals surface area contributed by atoms with Crippen LogP contribution >= 0.6 is 0 Å². The van der Waals surface area contributed by atoms with E-state index in [4.69, 9.17) is 10.2 Å². The van der Waals surface area contributed by atoms with Gasteiger partial charge in [-0.1, -0.05) is 36.4 Å². The molecular formula is C24H21N7O2. The highest BCUT2D eigenvalue weighted by Gasteiger charge is 2.22. The molecule has 0 unspecified atom stereocenters. The van der Waals surface area contributed by atoms with Crippen molar-refractivity contribution in [3.8, 4) is 17.1 Å². The molecular weight excluding hydrogens is 418 g/mol. The van der Waals surface area contributed by atoms with Crippen molar-refractivity contribution in [2.24, 2.45) is 0 Å². The van der Waals surface area contributed by atoms with Crippen molar-refractivity contribution in [2.45, 2.75) is 19.9 Å². The van der Waals surface area contributed by atoms with E-state index in [1.165, 1.54) is 6.33 Å². The van der Waals surface area contributed by atoms with Crippen LogP contribution in [0.5, 0.6) is 0 Å². The first-order chi connectivity index (χ1) is 16.0. The number of pyridine rings is 1. The molecule has 0 aliphatic carbocycles. The Kier molecular flexibility index (Phi) is 5.06. The van der Waals surface area contributed by atoms with E-state index >= 15 is 0 Å². The monoisotopic (exact) mass is 439 g/mol. The van der Waals surface area contributed by atoms with Gasteiger partial charge in [-0.2, -0.15) is 0 Å². The fourth-order valence-electron chi connectivity index (χ4n) is 3.84. The SMILES string of the molecule is Cc1nnc(-c2c(N)ncnc2N[C@@H](C)c2cc3ccccc3c(=O)n2-c2ccccc2)o1. The molecule has 3 heterocycles. The molecule has 0 bridgehead atoms. The van der Waals surface area contributed by atoms with Crippen molar-refractivity contribution in [2.75, 3.05) is 11.1 Å². The number of benzene rings is 2. The minimum atomic E-state index is -0.334. The molecule has 1 atom stereocenters. The zero-order chi connectivity index (χ0) is 22.9. The molecule has 2 aromatic carbocycles. The van der Waals surface area contributed by atoms with Gasteiger partial charge in [0, 0.05) is 23.7 Å². The number of nitrogens with one attached hydrogen (secondary N) is 1. The molecule has 5 aromatic rings. The Labute approximate surface area is 189 Å². The number of para-hydroxylation sites is 1. The van der Waals surface area contributed by atoms with Crippen LogP contribution in [0.3, 0.4) is 0 Å². The van der Waals surface area contributed by atoms with Gasteiger partial charge in [-0.25, -0.2) is 9.97 Å². The Balaban J connectivity index is 1.66. The standard InChI is InChI=1S/C24H21N7O2/c1-14(28-22-20(21(25)26-13-27-22)23-30-29-15(2)33-23)19-12-16-8-6-7-11-18(16)24(32)31(19)17-9-4-3-5-10-17/h3-14H,1-2H3,(H3,25,26,27,28)/t14-/m0/s1. The van der Waals surface area contributed by atoms with Crippen LogP contribution in [-0.2, 0) is 0 Å². The van der Waals surface area contributed by atoms with Gasteiger partial charge in [-0.05, 0) is 36.6 Å². The van der Waals surface area contributed by atoms with E-state index in [9.17, 15) is 4.79 Å². The van der Waals surface area contributed by atoms with Crippen LogP contribution in [-0.4, -0.2) is 24.7 Å². The first-order valence-corrected chi connectivity index (χ1v) is 10.4. The molecule has 0 aliphatic rings. The zero-order valence-corrected chi connectivity index (χ0v) is 18.1. The van der Waals surface area contributed by atoms with Crippen molar-refractivity contribution >= 4 is 22.4 Å². The maximum Gasteiger partial charge on any atom is 0.263 e. The van der Waals surface area contributed by atoms with Crippen LogP contribution < -0.4 is 16.6 Å². The molecule has 0 aliphatic heterocycles. The number of nitrogen functional groups attached to an aromatic ring is 1. The summed E-state index contributed by atoms with van der Waals surface area (Å²) in [5.74, 6) is 1.26. The van der Waals surface area contributed by atoms with Gasteiger partial charge in [-0.3, -0.25) is 9.36 Å². The highest BCUT2D eigenvalue weighted by atomic mass is 16.4. The molecule has 164 valence electrons. The summed E-state index contributed by atoms with van der Waals surface area (Å²) in [5, 5.41) is 12.8. The van der Waals surface area contributed by atoms with Gasteiger partial charge in [0.2, 0.25) is 5.89 Å². The minimum absolute atomic E-state index is 0.0992. The van der Waals surface area contributed by atoms with Gasteiger partial charge in [-0.15, -0.1) is 10.2 Å².